The molecular formula is C18H17FN2O2. The predicted octanol–water partition coefficient (Wildman–Crippen LogP) is 3.19. The van der Waals surface area contributed by atoms with Crippen molar-refractivity contribution in [3.63, 3.8) is 0 Å². The summed E-state index contributed by atoms with van der Waals surface area (Å²) in [7, 11) is 0. The molecule has 1 aliphatic heterocycles. The summed E-state index contributed by atoms with van der Waals surface area (Å²) in [5.74, 6) is -1.07. The van der Waals surface area contributed by atoms with Gasteiger partial charge in [0.05, 0.1) is 17.8 Å². The Balaban J connectivity index is 1.90. The first-order chi connectivity index (χ1) is 11.0. The Kier molecular flexibility index (Phi) is 3.86. The lowest BCUT2D eigenvalue weighted by molar-refractivity contribution is -0.121. The minimum absolute atomic E-state index is 0.0148. The molecule has 0 aromatic heterocycles. The SMILES string of the molecule is Cc1cccc(C)c1N1C(=O)CC(Nc2ccccc2F)C1=O. The lowest BCUT2D eigenvalue weighted by Gasteiger charge is -2.20. The molecule has 1 fully saturated rings. The molecule has 5 heteroatoms. The molecule has 1 N–H and O–H groups in total. The number of amides is 2. The van der Waals surface area contributed by atoms with E-state index in [0.717, 1.165) is 11.1 Å². The van der Waals surface area contributed by atoms with E-state index in [-0.39, 0.29) is 23.9 Å². The van der Waals surface area contributed by atoms with Crippen molar-refractivity contribution in [2.75, 3.05) is 10.2 Å². The number of carbonyl (C=O) groups is 2. The van der Waals surface area contributed by atoms with E-state index in [4.69, 9.17) is 0 Å². The van der Waals surface area contributed by atoms with Crippen LogP contribution in [0.15, 0.2) is 42.5 Å². The summed E-state index contributed by atoms with van der Waals surface area (Å²) < 4.78 is 13.7. The lowest BCUT2D eigenvalue weighted by Crippen LogP contribution is -2.35. The molecule has 2 aromatic carbocycles. The third kappa shape index (κ3) is 2.70. The van der Waals surface area contributed by atoms with Gasteiger partial charge >= 0.3 is 0 Å². The summed E-state index contributed by atoms with van der Waals surface area (Å²) in [5, 5.41) is 2.84. The number of halogens is 1. The molecule has 0 saturated carbocycles. The fourth-order valence-electron chi connectivity index (χ4n) is 2.90. The van der Waals surface area contributed by atoms with Crippen LogP contribution in [0.1, 0.15) is 17.5 Å². The van der Waals surface area contributed by atoms with Gasteiger partial charge in [0.2, 0.25) is 5.91 Å². The maximum absolute atomic E-state index is 13.7. The van der Waals surface area contributed by atoms with Crippen LogP contribution in [0.2, 0.25) is 0 Å². The molecule has 1 saturated heterocycles. The first-order valence-electron chi connectivity index (χ1n) is 7.43. The molecule has 1 heterocycles. The largest absolute Gasteiger partial charge is 0.371 e. The second kappa shape index (κ2) is 5.83. The summed E-state index contributed by atoms with van der Waals surface area (Å²) in [6.07, 6.45) is 0.0148. The second-order valence-corrected chi connectivity index (χ2v) is 5.69. The van der Waals surface area contributed by atoms with Crippen LogP contribution in [0.4, 0.5) is 15.8 Å². The molecule has 1 atom stereocenters. The Morgan fingerprint density at radius 2 is 1.70 bits per heavy atom. The van der Waals surface area contributed by atoms with Gasteiger partial charge in [0.25, 0.3) is 5.91 Å². The summed E-state index contributed by atoms with van der Waals surface area (Å²) in [6.45, 7) is 3.72. The van der Waals surface area contributed by atoms with E-state index in [0.29, 0.717) is 5.69 Å². The van der Waals surface area contributed by atoms with Gasteiger partial charge < -0.3 is 5.32 Å². The predicted molar refractivity (Wildman–Crippen MR) is 86.8 cm³/mol. The molecule has 0 aliphatic carbocycles. The second-order valence-electron chi connectivity index (χ2n) is 5.69. The first kappa shape index (κ1) is 15.2. The van der Waals surface area contributed by atoms with Crippen LogP contribution in [-0.4, -0.2) is 17.9 Å². The van der Waals surface area contributed by atoms with E-state index in [1.54, 1.807) is 18.2 Å². The molecule has 0 spiro atoms. The van der Waals surface area contributed by atoms with Gasteiger partial charge in [-0.1, -0.05) is 30.3 Å². The molecule has 1 unspecified atom stereocenters. The number of imide groups is 1. The van der Waals surface area contributed by atoms with Crippen molar-refractivity contribution in [1.29, 1.82) is 0 Å². The van der Waals surface area contributed by atoms with Crippen molar-refractivity contribution < 1.29 is 14.0 Å². The van der Waals surface area contributed by atoms with Gasteiger partial charge in [-0.25, -0.2) is 9.29 Å². The van der Waals surface area contributed by atoms with Crippen molar-refractivity contribution in [2.24, 2.45) is 0 Å². The molecule has 0 radical (unpaired) electrons. The molecule has 3 rings (SSSR count). The van der Waals surface area contributed by atoms with Crippen LogP contribution < -0.4 is 10.2 Å². The zero-order valence-electron chi connectivity index (χ0n) is 13.0. The molecule has 4 nitrogen and oxygen atoms in total. The number of anilines is 2. The highest BCUT2D eigenvalue weighted by Gasteiger charge is 2.40. The summed E-state index contributed by atoms with van der Waals surface area (Å²) in [4.78, 5) is 26.2. The third-order valence-corrected chi connectivity index (χ3v) is 4.01. The quantitative estimate of drug-likeness (QED) is 0.886. The van der Waals surface area contributed by atoms with Gasteiger partial charge in [0.15, 0.2) is 0 Å². The number of hydrogen-bond acceptors (Lipinski definition) is 3. The van der Waals surface area contributed by atoms with Gasteiger partial charge in [0, 0.05) is 0 Å². The standard InChI is InChI=1S/C18H17FN2O2/c1-11-6-5-7-12(2)17(11)21-16(22)10-15(18(21)23)20-14-9-4-3-8-13(14)19/h3-9,15,20H,10H2,1-2H3. The van der Waals surface area contributed by atoms with Crippen LogP contribution >= 0.6 is 0 Å². The Hall–Kier alpha value is -2.69. The van der Waals surface area contributed by atoms with E-state index in [1.807, 2.05) is 32.0 Å². The van der Waals surface area contributed by atoms with Crippen molar-refractivity contribution in [1.82, 2.24) is 0 Å². The summed E-state index contributed by atoms with van der Waals surface area (Å²) in [5.41, 5.74) is 2.57. The molecular weight excluding hydrogens is 295 g/mol. The van der Waals surface area contributed by atoms with Crippen molar-refractivity contribution in [3.8, 4) is 0 Å². The monoisotopic (exact) mass is 312 g/mol. The molecule has 2 amide bonds. The van der Waals surface area contributed by atoms with Crippen molar-refractivity contribution in [2.45, 2.75) is 26.3 Å². The highest BCUT2D eigenvalue weighted by atomic mass is 19.1. The Morgan fingerprint density at radius 1 is 1.04 bits per heavy atom. The topological polar surface area (TPSA) is 49.4 Å². The van der Waals surface area contributed by atoms with Crippen LogP contribution in [0.25, 0.3) is 0 Å². The fraction of sp³-hybridized carbons (Fsp3) is 0.222. The fourth-order valence-corrected chi connectivity index (χ4v) is 2.90. The van der Waals surface area contributed by atoms with E-state index in [1.165, 1.54) is 11.0 Å². The van der Waals surface area contributed by atoms with Crippen LogP contribution in [0.5, 0.6) is 0 Å². The minimum atomic E-state index is -0.751. The van der Waals surface area contributed by atoms with Crippen molar-refractivity contribution >= 4 is 23.2 Å². The number of carbonyl (C=O) groups excluding carboxylic acids is 2. The van der Waals surface area contributed by atoms with E-state index >= 15 is 0 Å². The van der Waals surface area contributed by atoms with E-state index < -0.39 is 11.9 Å². The first-order valence-corrected chi connectivity index (χ1v) is 7.43. The molecule has 23 heavy (non-hydrogen) atoms. The number of aryl methyl sites for hydroxylation is 2. The number of hydrogen-bond donors (Lipinski definition) is 1. The van der Waals surface area contributed by atoms with Crippen LogP contribution in [0.3, 0.4) is 0 Å². The Bertz CT molecular complexity index is 768. The van der Waals surface area contributed by atoms with Gasteiger partial charge in [-0.15, -0.1) is 0 Å². The maximum atomic E-state index is 13.7. The number of nitrogens with zero attached hydrogens (tertiary/aromatic N) is 1. The third-order valence-electron chi connectivity index (χ3n) is 4.01. The van der Waals surface area contributed by atoms with Gasteiger partial charge in [-0.2, -0.15) is 0 Å². The molecule has 118 valence electrons. The smallest absolute Gasteiger partial charge is 0.256 e. The van der Waals surface area contributed by atoms with Gasteiger partial charge in [0.1, 0.15) is 11.9 Å². The van der Waals surface area contributed by atoms with Gasteiger partial charge in [-0.05, 0) is 37.1 Å². The van der Waals surface area contributed by atoms with Gasteiger partial charge in [-0.3, -0.25) is 9.59 Å². The number of benzene rings is 2. The molecule has 2 aromatic rings. The average molecular weight is 312 g/mol. The highest BCUT2D eigenvalue weighted by Crippen LogP contribution is 2.30. The number of rotatable bonds is 3. The van der Waals surface area contributed by atoms with E-state index in [9.17, 15) is 14.0 Å². The average Bonchev–Trinajstić information content (AvgIpc) is 2.77. The lowest BCUT2D eigenvalue weighted by atomic mass is 10.1. The minimum Gasteiger partial charge on any atom is -0.371 e. The highest BCUT2D eigenvalue weighted by molar-refractivity contribution is 6.23. The van der Waals surface area contributed by atoms with Crippen LogP contribution in [0, 0.1) is 19.7 Å². The zero-order chi connectivity index (χ0) is 16.6. The zero-order valence-corrected chi connectivity index (χ0v) is 13.0. The van der Waals surface area contributed by atoms with Crippen molar-refractivity contribution in [3.05, 3.63) is 59.4 Å². The summed E-state index contributed by atoms with van der Waals surface area (Å²) in [6, 6.07) is 11.0. The Labute approximate surface area is 133 Å². The summed E-state index contributed by atoms with van der Waals surface area (Å²) >= 11 is 0. The number of para-hydroxylation sites is 2. The Morgan fingerprint density at radius 3 is 2.35 bits per heavy atom. The number of nitrogens with one attached hydrogen (secondary N) is 1. The van der Waals surface area contributed by atoms with Crippen LogP contribution in [-0.2, 0) is 9.59 Å². The van der Waals surface area contributed by atoms with E-state index in [2.05, 4.69) is 5.32 Å². The maximum Gasteiger partial charge on any atom is 0.256 e. The molecule has 0 bridgehead atoms. The molecule has 1 aliphatic rings. The normalized spacial score (nSPS) is 17.7.